The monoisotopic (exact) mass is 225 g/mol. The third-order valence-corrected chi connectivity index (χ3v) is 3.30. The molecule has 1 aliphatic carbocycles. The van der Waals surface area contributed by atoms with Gasteiger partial charge in [-0.2, -0.15) is 0 Å². The lowest BCUT2D eigenvalue weighted by Gasteiger charge is -2.15. The van der Waals surface area contributed by atoms with Crippen molar-refractivity contribution in [3.8, 4) is 0 Å². The molecule has 4 heteroatoms. The van der Waals surface area contributed by atoms with Gasteiger partial charge in [-0.25, -0.2) is 0 Å². The van der Waals surface area contributed by atoms with Gasteiger partial charge in [0.05, 0.1) is 0 Å². The van der Waals surface area contributed by atoms with Crippen molar-refractivity contribution >= 4 is 5.91 Å². The Bertz CT molecular complexity index is 220. The molecule has 0 bridgehead atoms. The maximum absolute atomic E-state index is 11.4. The molecule has 2 fully saturated rings. The van der Waals surface area contributed by atoms with Crippen molar-refractivity contribution in [1.29, 1.82) is 0 Å². The van der Waals surface area contributed by atoms with Crippen LogP contribution >= 0.6 is 0 Å². The minimum atomic E-state index is 0.210. The van der Waals surface area contributed by atoms with E-state index >= 15 is 0 Å². The molecule has 1 atom stereocenters. The SMILES string of the molecule is O=C(CCNC1CCCNCC1)NC1CC1. The zero-order chi connectivity index (χ0) is 11.2. The summed E-state index contributed by atoms with van der Waals surface area (Å²) in [5.41, 5.74) is 0. The molecule has 3 N–H and O–H groups in total. The minimum absolute atomic E-state index is 0.210. The number of amides is 1. The number of hydrogen-bond donors (Lipinski definition) is 3. The highest BCUT2D eigenvalue weighted by Gasteiger charge is 2.22. The molecule has 1 saturated carbocycles. The maximum atomic E-state index is 11.4. The third kappa shape index (κ3) is 4.49. The van der Waals surface area contributed by atoms with Crippen molar-refractivity contribution in [3.63, 3.8) is 0 Å². The van der Waals surface area contributed by atoms with Crippen LogP contribution < -0.4 is 16.0 Å². The molecule has 0 aromatic rings. The summed E-state index contributed by atoms with van der Waals surface area (Å²) in [4.78, 5) is 11.4. The van der Waals surface area contributed by atoms with E-state index in [1.54, 1.807) is 0 Å². The van der Waals surface area contributed by atoms with Crippen LogP contribution in [0.15, 0.2) is 0 Å². The molecule has 1 aliphatic heterocycles. The molecule has 1 unspecified atom stereocenters. The molecule has 0 spiro atoms. The van der Waals surface area contributed by atoms with Crippen LogP contribution in [0.2, 0.25) is 0 Å². The quantitative estimate of drug-likeness (QED) is 0.634. The highest BCUT2D eigenvalue weighted by Crippen LogP contribution is 2.18. The Morgan fingerprint density at radius 2 is 2.00 bits per heavy atom. The Labute approximate surface area is 97.6 Å². The van der Waals surface area contributed by atoms with Gasteiger partial charge in [0.15, 0.2) is 0 Å². The van der Waals surface area contributed by atoms with Gasteiger partial charge in [0.25, 0.3) is 0 Å². The normalized spacial score (nSPS) is 26.1. The van der Waals surface area contributed by atoms with E-state index < -0.39 is 0 Å². The van der Waals surface area contributed by atoms with Crippen molar-refractivity contribution in [2.75, 3.05) is 19.6 Å². The first-order valence-corrected chi connectivity index (χ1v) is 6.58. The van der Waals surface area contributed by atoms with Gasteiger partial charge in [-0.05, 0) is 45.2 Å². The Kier molecular flexibility index (Phi) is 4.60. The van der Waals surface area contributed by atoms with Crippen molar-refractivity contribution in [1.82, 2.24) is 16.0 Å². The summed E-state index contributed by atoms with van der Waals surface area (Å²) in [6, 6.07) is 1.10. The molecule has 1 saturated heterocycles. The minimum Gasteiger partial charge on any atom is -0.353 e. The Balaban J connectivity index is 1.53. The fourth-order valence-electron chi connectivity index (χ4n) is 2.14. The van der Waals surface area contributed by atoms with Gasteiger partial charge in [-0.15, -0.1) is 0 Å². The zero-order valence-corrected chi connectivity index (χ0v) is 9.93. The second-order valence-corrected chi connectivity index (χ2v) is 4.92. The largest absolute Gasteiger partial charge is 0.353 e. The lowest BCUT2D eigenvalue weighted by Crippen LogP contribution is -2.34. The Morgan fingerprint density at radius 3 is 2.81 bits per heavy atom. The Hall–Kier alpha value is -0.610. The fourth-order valence-corrected chi connectivity index (χ4v) is 2.14. The molecule has 0 aromatic carbocycles. The summed E-state index contributed by atoms with van der Waals surface area (Å²) in [7, 11) is 0. The highest BCUT2D eigenvalue weighted by atomic mass is 16.1. The van der Waals surface area contributed by atoms with E-state index in [1.807, 2.05) is 0 Å². The van der Waals surface area contributed by atoms with Gasteiger partial charge in [0.2, 0.25) is 5.91 Å². The van der Waals surface area contributed by atoms with Gasteiger partial charge < -0.3 is 16.0 Å². The standard InChI is InChI=1S/C12H23N3O/c16-12(15-11-3-4-11)6-9-14-10-2-1-7-13-8-5-10/h10-11,13-14H,1-9H2,(H,15,16). The predicted molar refractivity (Wildman–Crippen MR) is 64.3 cm³/mol. The zero-order valence-electron chi connectivity index (χ0n) is 9.93. The van der Waals surface area contributed by atoms with Gasteiger partial charge in [-0.1, -0.05) is 0 Å². The molecule has 0 radical (unpaired) electrons. The molecular formula is C12H23N3O. The number of carbonyl (C=O) groups is 1. The van der Waals surface area contributed by atoms with Gasteiger partial charge in [0.1, 0.15) is 0 Å². The first-order chi connectivity index (χ1) is 7.84. The molecule has 0 aromatic heterocycles. The predicted octanol–water partition coefficient (Wildman–Crippen LogP) is 0.387. The third-order valence-electron chi connectivity index (χ3n) is 3.30. The molecule has 2 rings (SSSR count). The maximum Gasteiger partial charge on any atom is 0.221 e. The lowest BCUT2D eigenvalue weighted by molar-refractivity contribution is -0.121. The number of carbonyl (C=O) groups excluding carboxylic acids is 1. The van der Waals surface area contributed by atoms with Crippen molar-refractivity contribution < 1.29 is 4.79 Å². The van der Waals surface area contributed by atoms with Crippen LogP contribution in [0.25, 0.3) is 0 Å². The average molecular weight is 225 g/mol. The van der Waals surface area contributed by atoms with E-state index in [-0.39, 0.29) is 5.91 Å². The van der Waals surface area contributed by atoms with Gasteiger partial charge in [-0.3, -0.25) is 4.79 Å². The second kappa shape index (κ2) is 6.21. The van der Waals surface area contributed by atoms with Gasteiger partial charge in [0, 0.05) is 25.0 Å². The van der Waals surface area contributed by atoms with Crippen LogP contribution in [0.3, 0.4) is 0 Å². The van der Waals surface area contributed by atoms with Crippen molar-refractivity contribution in [2.45, 2.75) is 50.6 Å². The van der Waals surface area contributed by atoms with E-state index in [1.165, 1.54) is 32.1 Å². The molecule has 1 heterocycles. The topological polar surface area (TPSA) is 53.2 Å². The smallest absolute Gasteiger partial charge is 0.221 e. The summed E-state index contributed by atoms with van der Waals surface area (Å²) in [6.45, 7) is 3.06. The van der Waals surface area contributed by atoms with Crippen LogP contribution in [0.4, 0.5) is 0 Å². The summed E-state index contributed by atoms with van der Waals surface area (Å²) in [5.74, 6) is 0.210. The second-order valence-electron chi connectivity index (χ2n) is 4.92. The van der Waals surface area contributed by atoms with Crippen LogP contribution in [0.1, 0.15) is 38.5 Å². The van der Waals surface area contributed by atoms with Crippen LogP contribution in [-0.4, -0.2) is 37.6 Å². The summed E-state index contributed by atoms with van der Waals surface area (Å²) in [5, 5.41) is 9.89. The van der Waals surface area contributed by atoms with Crippen LogP contribution in [0, 0.1) is 0 Å². The summed E-state index contributed by atoms with van der Waals surface area (Å²) in [6.07, 6.45) is 6.63. The van der Waals surface area contributed by atoms with E-state index in [0.717, 1.165) is 19.6 Å². The molecule has 4 nitrogen and oxygen atoms in total. The van der Waals surface area contributed by atoms with E-state index in [0.29, 0.717) is 18.5 Å². The van der Waals surface area contributed by atoms with Crippen molar-refractivity contribution in [3.05, 3.63) is 0 Å². The Morgan fingerprint density at radius 1 is 1.12 bits per heavy atom. The highest BCUT2D eigenvalue weighted by molar-refractivity contribution is 5.76. The first-order valence-electron chi connectivity index (χ1n) is 6.58. The molecular weight excluding hydrogens is 202 g/mol. The molecule has 16 heavy (non-hydrogen) atoms. The average Bonchev–Trinajstić information content (AvgIpc) is 3.05. The number of nitrogens with one attached hydrogen (secondary N) is 3. The van der Waals surface area contributed by atoms with Crippen LogP contribution in [-0.2, 0) is 4.79 Å². The first kappa shape index (κ1) is 11.9. The summed E-state index contributed by atoms with van der Waals surface area (Å²) >= 11 is 0. The number of hydrogen-bond acceptors (Lipinski definition) is 3. The summed E-state index contributed by atoms with van der Waals surface area (Å²) < 4.78 is 0. The molecule has 92 valence electrons. The molecule has 2 aliphatic rings. The van der Waals surface area contributed by atoms with Crippen LogP contribution in [0.5, 0.6) is 0 Å². The van der Waals surface area contributed by atoms with Crippen molar-refractivity contribution in [2.24, 2.45) is 0 Å². The van der Waals surface area contributed by atoms with E-state index in [2.05, 4.69) is 16.0 Å². The lowest BCUT2D eigenvalue weighted by atomic mass is 10.1. The van der Waals surface area contributed by atoms with E-state index in [9.17, 15) is 4.79 Å². The molecule has 1 amide bonds. The fraction of sp³-hybridized carbons (Fsp3) is 0.917. The number of rotatable bonds is 5. The van der Waals surface area contributed by atoms with E-state index in [4.69, 9.17) is 0 Å². The van der Waals surface area contributed by atoms with Gasteiger partial charge >= 0.3 is 0 Å².